The average molecular weight is 255 g/mol. The normalized spacial score (nSPS) is 16.7. The average Bonchev–Trinajstić information content (AvgIpc) is 2.22. The molecule has 0 heteroatoms. The van der Waals surface area contributed by atoms with Crippen LogP contribution in [0.4, 0.5) is 0 Å². The van der Waals surface area contributed by atoms with Crippen LogP contribution in [0.2, 0.25) is 0 Å². The zero-order valence-electron chi connectivity index (χ0n) is 14.5. The van der Waals surface area contributed by atoms with E-state index < -0.39 is 0 Å². The summed E-state index contributed by atoms with van der Waals surface area (Å²) in [5.74, 6) is 4.18. The van der Waals surface area contributed by atoms with Gasteiger partial charge in [-0.05, 0) is 47.8 Å². The first-order valence-electron chi connectivity index (χ1n) is 8.09. The van der Waals surface area contributed by atoms with E-state index in [9.17, 15) is 0 Å². The Morgan fingerprint density at radius 1 is 0.778 bits per heavy atom. The van der Waals surface area contributed by atoms with Gasteiger partial charge in [-0.1, -0.05) is 68.7 Å². The van der Waals surface area contributed by atoms with Gasteiger partial charge in [-0.15, -0.1) is 0 Å². The molecule has 0 aliphatic heterocycles. The maximum Gasteiger partial charge on any atom is -0.0331 e. The van der Waals surface area contributed by atoms with Crippen molar-refractivity contribution in [3.63, 3.8) is 0 Å². The van der Waals surface area contributed by atoms with Crippen molar-refractivity contribution in [3.8, 4) is 0 Å². The van der Waals surface area contributed by atoms with Crippen LogP contribution in [0.15, 0.2) is 0 Å². The van der Waals surface area contributed by atoms with E-state index in [0.717, 1.165) is 29.6 Å². The number of rotatable bonds is 8. The van der Waals surface area contributed by atoms with E-state index in [-0.39, 0.29) is 0 Å². The van der Waals surface area contributed by atoms with Crippen LogP contribution in [0, 0.1) is 35.0 Å². The molecule has 18 heavy (non-hydrogen) atoms. The summed E-state index contributed by atoms with van der Waals surface area (Å²) in [6, 6.07) is 0. The lowest BCUT2D eigenvalue weighted by Crippen LogP contribution is -2.24. The molecule has 0 amide bonds. The van der Waals surface area contributed by atoms with Gasteiger partial charge in [-0.3, -0.25) is 0 Å². The van der Waals surface area contributed by atoms with E-state index >= 15 is 0 Å². The zero-order chi connectivity index (χ0) is 14.5. The van der Waals surface area contributed by atoms with Crippen LogP contribution in [0.5, 0.6) is 0 Å². The second-order valence-electron chi connectivity index (χ2n) is 8.05. The van der Waals surface area contributed by atoms with Crippen LogP contribution >= 0.6 is 0 Å². The van der Waals surface area contributed by atoms with Gasteiger partial charge in [0, 0.05) is 0 Å². The second kappa shape index (κ2) is 7.56. The topological polar surface area (TPSA) is 0 Å². The van der Waals surface area contributed by atoms with Gasteiger partial charge in [0.2, 0.25) is 0 Å². The van der Waals surface area contributed by atoms with Crippen molar-refractivity contribution in [1.82, 2.24) is 0 Å². The Kier molecular flexibility index (Phi) is 7.56. The highest BCUT2D eigenvalue weighted by molar-refractivity contribution is 4.76. The summed E-state index contributed by atoms with van der Waals surface area (Å²) < 4.78 is 0. The molecule has 0 aromatic carbocycles. The van der Waals surface area contributed by atoms with Crippen molar-refractivity contribution in [1.29, 1.82) is 0 Å². The van der Waals surface area contributed by atoms with Crippen molar-refractivity contribution in [3.05, 3.63) is 0 Å². The van der Waals surface area contributed by atoms with Gasteiger partial charge in [-0.2, -0.15) is 0 Å². The lowest BCUT2D eigenvalue weighted by Gasteiger charge is -2.33. The summed E-state index contributed by atoms with van der Waals surface area (Å²) in [4.78, 5) is 0. The number of hydrogen-bond acceptors (Lipinski definition) is 0. The molecule has 2 atom stereocenters. The first kappa shape index (κ1) is 18.0. The molecule has 0 N–H and O–H groups in total. The standard InChI is InChI=1S/C18H38/c1-13(2)16(7)17(14(3)4)11-10-12-18(8,9)15(5)6/h13-17H,10-12H2,1-9H3. The SMILES string of the molecule is CC(C)C(C)C(CCCC(C)(C)C(C)C)C(C)C. The molecule has 0 radical (unpaired) electrons. The predicted molar refractivity (Wildman–Crippen MR) is 84.8 cm³/mol. The van der Waals surface area contributed by atoms with Crippen molar-refractivity contribution >= 4 is 0 Å². The summed E-state index contributed by atoms with van der Waals surface area (Å²) in [6.45, 7) is 21.6. The van der Waals surface area contributed by atoms with Crippen molar-refractivity contribution in [2.24, 2.45) is 35.0 Å². The van der Waals surface area contributed by atoms with E-state index in [1.807, 2.05) is 0 Å². The van der Waals surface area contributed by atoms with E-state index in [4.69, 9.17) is 0 Å². The molecule has 0 aliphatic carbocycles. The van der Waals surface area contributed by atoms with Crippen LogP contribution in [0.1, 0.15) is 81.6 Å². The highest BCUT2D eigenvalue weighted by Gasteiger charge is 2.26. The molecule has 0 spiro atoms. The fraction of sp³-hybridized carbons (Fsp3) is 1.00. The lowest BCUT2D eigenvalue weighted by molar-refractivity contribution is 0.171. The third-order valence-electron chi connectivity index (χ3n) is 5.50. The summed E-state index contributed by atoms with van der Waals surface area (Å²) in [5.41, 5.74) is 0.503. The highest BCUT2D eigenvalue weighted by atomic mass is 14.3. The van der Waals surface area contributed by atoms with Crippen molar-refractivity contribution in [2.75, 3.05) is 0 Å². The largest absolute Gasteiger partial charge is 0.0625 e. The molecule has 0 saturated heterocycles. The maximum atomic E-state index is 2.45. The van der Waals surface area contributed by atoms with Crippen LogP contribution < -0.4 is 0 Å². The molecule has 0 fully saturated rings. The summed E-state index contributed by atoms with van der Waals surface area (Å²) >= 11 is 0. The Labute approximate surface area is 117 Å². The van der Waals surface area contributed by atoms with Gasteiger partial charge in [0.25, 0.3) is 0 Å². The van der Waals surface area contributed by atoms with Crippen LogP contribution in [-0.2, 0) is 0 Å². The maximum absolute atomic E-state index is 2.45. The van der Waals surface area contributed by atoms with Gasteiger partial charge in [0.15, 0.2) is 0 Å². The molecule has 2 unspecified atom stereocenters. The van der Waals surface area contributed by atoms with E-state index in [1.54, 1.807) is 0 Å². The Morgan fingerprint density at radius 2 is 1.28 bits per heavy atom. The smallest absolute Gasteiger partial charge is 0.0331 e. The molecule has 0 nitrogen and oxygen atoms in total. The Hall–Kier alpha value is 0. The van der Waals surface area contributed by atoms with Crippen molar-refractivity contribution < 1.29 is 0 Å². The van der Waals surface area contributed by atoms with Gasteiger partial charge < -0.3 is 0 Å². The van der Waals surface area contributed by atoms with E-state index in [0.29, 0.717) is 5.41 Å². The second-order valence-corrected chi connectivity index (χ2v) is 8.05. The Morgan fingerprint density at radius 3 is 1.61 bits per heavy atom. The molecule has 110 valence electrons. The summed E-state index contributed by atoms with van der Waals surface area (Å²) in [7, 11) is 0. The molecule has 0 heterocycles. The molecule has 0 aromatic rings. The molecule has 0 bridgehead atoms. The van der Waals surface area contributed by atoms with Crippen molar-refractivity contribution in [2.45, 2.75) is 81.6 Å². The van der Waals surface area contributed by atoms with E-state index in [2.05, 4.69) is 62.3 Å². The Balaban J connectivity index is 4.30. The Bertz CT molecular complexity index is 210. The molecule has 0 rings (SSSR count). The summed E-state index contributed by atoms with van der Waals surface area (Å²) in [6.07, 6.45) is 4.18. The number of hydrogen-bond donors (Lipinski definition) is 0. The zero-order valence-corrected chi connectivity index (χ0v) is 14.5. The molecule has 0 aromatic heterocycles. The third-order valence-corrected chi connectivity index (χ3v) is 5.50. The minimum atomic E-state index is 0.503. The fourth-order valence-electron chi connectivity index (χ4n) is 2.78. The molecular formula is C18H38. The van der Waals surface area contributed by atoms with Gasteiger partial charge in [0.05, 0.1) is 0 Å². The third kappa shape index (κ3) is 5.76. The minimum absolute atomic E-state index is 0.503. The van der Waals surface area contributed by atoms with Gasteiger partial charge >= 0.3 is 0 Å². The molecule has 0 saturated carbocycles. The lowest BCUT2D eigenvalue weighted by atomic mass is 9.72. The van der Waals surface area contributed by atoms with E-state index in [1.165, 1.54) is 19.3 Å². The summed E-state index contributed by atoms with van der Waals surface area (Å²) in [5, 5.41) is 0. The van der Waals surface area contributed by atoms with Gasteiger partial charge in [0.1, 0.15) is 0 Å². The molecule has 0 aliphatic rings. The monoisotopic (exact) mass is 254 g/mol. The fourth-order valence-corrected chi connectivity index (χ4v) is 2.78. The predicted octanol–water partition coefficient (Wildman–Crippen LogP) is 6.40. The highest BCUT2D eigenvalue weighted by Crippen LogP contribution is 2.36. The quantitative estimate of drug-likeness (QED) is 0.470. The first-order valence-corrected chi connectivity index (χ1v) is 8.09. The van der Waals surface area contributed by atoms with Crippen LogP contribution in [0.3, 0.4) is 0 Å². The first-order chi connectivity index (χ1) is 8.09. The van der Waals surface area contributed by atoms with Crippen LogP contribution in [-0.4, -0.2) is 0 Å². The molecular weight excluding hydrogens is 216 g/mol. The van der Waals surface area contributed by atoms with Crippen LogP contribution in [0.25, 0.3) is 0 Å². The minimum Gasteiger partial charge on any atom is -0.0625 e. The van der Waals surface area contributed by atoms with Gasteiger partial charge in [-0.25, -0.2) is 0 Å².